The van der Waals surface area contributed by atoms with E-state index in [0.717, 1.165) is 10.5 Å². The Morgan fingerprint density at radius 2 is 1.82 bits per heavy atom. The van der Waals surface area contributed by atoms with Crippen molar-refractivity contribution in [3.63, 3.8) is 0 Å². The summed E-state index contributed by atoms with van der Waals surface area (Å²) in [5.74, 6) is -2.05. The average Bonchev–Trinajstić information content (AvgIpc) is 2.47. The number of carbonyl (C=O) groups excluding carboxylic acids is 1. The van der Waals surface area contributed by atoms with Crippen molar-refractivity contribution in [3.05, 3.63) is 70.3 Å². The first-order valence-corrected chi connectivity index (χ1v) is 7.04. The van der Waals surface area contributed by atoms with Crippen molar-refractivity contribution in [2.75, 3.05) is 5.32 Å². The number of anilines is 1. The highest BCUT2D eigenvalue weighted by Gasteiger charge is 2.04. The Morgan fingerprint density at radius 3 is 2.41 bits per heavy atom. The fraction of sp³-hybridized carbons (Fsp3) is 0. The Balaban J connectivity index is 2.03. The minimum atomic E-state index is -1.27. The second kappa shape index (κ2) is 6.91. The van der Waals surface area contributed by atoms with E-state index in [9.17, 15) is 14.7 Å². The summed E-state index contributed by atoms with van der Waals surface area (Å²) in [5, 5.41) is 23.0. The van der Waals surface area contributed by atoms with E-state index >= 15 is 0 Å². The lowest BCUT2D eigenvalue weighted by molar-refractivity contribution is -0.268. The monoisotopic (exact) mass is 360 g/mol. The topological polar surface area (TPSA) is 89.5 Å². The number of benzene rings is 2. The predicted octanol–water partition coefficient (Wildman–Crippen LogP) is 3.03. The largest absolute Gasteiger partial charge is 0.872 e. The normalized spacial score (nSPS) is 10.6. The number of hydrogen-bond acceptors (Lipinski definition) is 4. The summed E-state index contributed by atoms with van der Waals surface area (Å²) in [6.45, 7) is 0. The van der Waals surface area contributed by atoms with Gasteiger partial charge in [0.1, 0.15) is 0 Å². The minimum Gasteiger partial charge on any atom is -0.872 e. The molecule has 2 aromatic carbocycles. The molecule has 0 heterocycles. The molecule has 0 aliphatic carbocycles. The molecule has 0 fully saturated rings. The first-order chi connectivity index (χ1) is 10.5. The van der Waals surface area contributed by atoms with Crippen molar-refractivity contribution in [2.24, 2.45) is 0 Å². The third kappa shape index (κ3) is 3.95. The van der Waals surface area contributed by atoms with E-state index in [2.05, 4.69) is 21.2 Å². The number of carboxylic acid groups (broad SMARTS) is 1. The molecule has 0 radical (unpaired) electrons. The molecule has 5 nitrogen and oxygen atoms in total. The zero-order valence-corrected chi connectivity index (χ0v) is 12.8. The number of hydrogen-bond donors (Lipinski definition) is 2. The van der Waals surface area contributed by atoms with E-state index in [4.69, 9.17) is 5.11 Å². The van der Waals surface area contributed by atoms with Crippen LogP contribution in [0.25, 0.3) is 0 Å². The Kier molecular flexibility index (Phi) is 4.95. The Morgan fingerprint density at radius 1 is 1.14 bits per heavy atom. The van der Waals surface area contributed by atoms with Gasteiger partial charge < -0.3 is 15.5 Å². The molecule has 2 rings (SSSR count). The SMILES string of the molecule is O=C(/C=C/Nc1ccc(C(=O)O)c([O-])c1)c1ccc(Br)cc1. The highest BCUT2D eigenvalue weighted by atomic mass is 79.9. The smallest absolute Gasteiger partial charge is 0.335 e. The lowest BCUT2D eigenvalue weighted by Crippen LogP contribution is -2.04. The van der Waals surface area contributed by atoms with E-state index in [-0.39, 0.29) is 11.3 Å². The zero-order chi connectivity index (χ0) is 16.1. The summed E-state index contributed by atoms with van der Waals surface area (Å²) in [6, 6.07) is 10.8. The molecule has 2 N–H and O–H groups in total. The molecule has 112 valence electrons. The minimum absolute atomic E-state index is 0.190. The molecule has 0 spiro atoms. The number of aromatic carboxylic acids is 1. The molecular formula is C16H11BrNO4-. The van der Waals surface area contributed by atoms with Crippen molar-refractivity contribution >= 4 is 33.4 Å². The Labute approximate surface area is 135 Å². The van der Waals surface area contributed by atoms with Crippen LogP contribution in [0, 0.1) is 0 Å². The summed E-state index contributed by atoms with van der Waals surface area (Å²) < 4.78 is 0.882. The maximum Gasteiger partial charge on any atom is 0.335 e. The molecule has 0 amide bonds. The van der Waals surface area contributed by atoms with Gasteiger partial charge >= 0.3 is 5.97 Å². The number of allylic oxidation sites excluding steroid dienone is 1. The first kappa shape index (κ1) is 15.8. The van der Waals surface area contributed by atoms with Gasteiger partial charge in [-0.25, -0.2) is 4.79 Å². The lowest BCUT2D eigenvalue weighted by atomic mass is 10.1. The molecule has 0 unspecified atom stereocenters. The maximum atomic E-state index is 11.9. The van der Waals surface area contributed by atoms with Crippen LogP contribution in [0.4, 0.5) is 5.69 Å². The summed E-state index contributed by atoms with van der Waals surface area (Å²) in [6.07, 6.45) is 2.73. The number of ketones is 1. The third-order valence-corrected chi connectivity index (χ3v) is 3.35. The molecule has 0 aromatic heterocycles. The molecular weight excluding hydrogens is 350 g/mol. The molecule has 0 bridgehead atoms. The van der Waals surface area contributed by atoms with Crippen molar-refractivity contribution < 1.29 is 19.8 Å². The van der Waals surface area contributed by atoms with Crippen LogP contribution in [-0.4, -0.2) is 16.9 Å². The van der Waals surface area contributed by atoms with Crippen LogP contribution in [0.15, 0.2) is 59.2 Å². The van der Waals surface area contributed by atoms with Crippen LogP contribution in [0.2, 0.25) is 0 Å². The highest BCUT2D eigenvalue weighted by molar-refractivity contribution is 9.10. The molecule has 0 saturated carbocycles. The number of carboxylic acids is 1. The second-order valence-electron chi connectivity index (χ2n) is 4.36. The Bertz CT molecular complexity index is 738. The van der Waals surface area contributed by atoms with Crippen LogP contribution < -0.4 is 10.4 Å². The van der Waals surface area contributed by atoms with Gasteiger partial charge in [0.15, 0.2) is 5.78 Å². The van der Waals surface area contributed by atoms with Crippen LogP contribution in [0.1, 0.15) is 20.7 Å². The van der Waals surface area contributed by atoms with E-state index in [1.54, 1.807) is 24.3 Å². The highest BCUT2D eigenvalue weighted by Crippen LogP contribution is 2.19. The third-order valence-electron chi connectivity index (χ3n) is 2.83. The standard InChI is InChI=1S/C16H12BrNO4/c17-11-3-1-10(2-4-11)14(19)7-8-18-12-5-6-13(16(21)22)15(20)9-12/h1-9,18,20H,(H,21,22)/p-1/b8-7+. The predicted molar refractivity (Wildman–Crippen MR) is 84.1 cm³/mol. The molecule has 0 aliphatic rings. The summed E-state index contributed by atoms with van der Waals surface area (Å²) in [5.41, 5.74) is 0.655. The number of nitrogens with one attached hydrogen (secondary N) is 1. The quantitative estimate of drug-likeness (QED) is 0.631. The van der Waals surface area contributed by atoms with Gasteiger partial charge in [0.2, 0.25) is 0 Å². The molecule has 0 aliphatic heterocycles. The number of carbonyl (C=O) groups is 2. The number of rotatable bonds is 5. The fourth-order valence-corrected chi connectivity index (χ4v) is 1.98. The molecule has 2 aromatic rings. The average molecular weight is 361 g/mol. The molecule has 22 heavy (non-hydrogen) atoms. The lowest BCUT2D eigenvalue weighted by Gasteiger charge is -2.11. The van der Waals surface area contributed by atoms with Gasteiger partial charge in [-0.3, -0.25) is 4.79 Å². The van der Waals surface area contributed by atoms with Crippen molar-refractivity contribution in [2.45, 2.75) is 0 Å². The Hall–Kier alpha value is -2.60. The van der Waals surface area contributed by atoms with E-state index < -0.39 is 11.7 Å². The van der Waals surface area contributed by atoms with Crippen molar-refractivity contribution in [1.29, 1.82) is 0 Å². The summed E-state index contributed by atoms with van der Waals surface area (Å²) in [4.78, 5) is 22.6. The number of halogens is 1. The van der Waals surface area contributed by atoms with Gasteiger partial charge in [-0.05, 0) is 42.5 Å². The van der Waals surface area contributed by atoms with Crippen LogP contribution in [-0.2, 0) is 0 Å². The zero-order valence-electron chi connectivity index (χ0n) is 11.2. The summed E-state index contributed by atoms with van der Waals surface area (Å²) in [7, 11) is 0. The molecule has 0 atom stereocenters. The van der Waals surface area contributed by atoms with E-state index in [1.807, 2.05) is 0 Å². The van der Waals surface area contributed by atoms with E-state index in [0.29, 0.717) is 11.3 Å². The van der Waals surface area contributed by atoms with Gasteiger partial charge in [-0.15, -0.1) is 0 Å². The van der Waals surface area contributed by atoms with Gasteiger partial charge in [-0.2, -0.15) is 0 Å². The second-order valence-corrected chi connectivity index (χ2v) is 5.28. The van der Waals surface area contributed by atoms with Crippen LogP contribution in [0.3, 0.4) is 0 Å². The van der Waals surface area contributed by atoms with Crippen molar-refractivity contribution in [1.82, 2.24) is 0 Å². The van der Waals surface area contributed by atoms with Gasteiger partial charge in [-0.1, -0.05) is 21.7 Å². The van der Waals surface area contributed by atoms with Crippen LogP contribution in [0.5, 0.6) is 5.75 Å². The van der Waals surface area contributed by atoms with Gasteiger partial charge in [0, 0.05) is 28.0 Å². The van der Waals surface area contributed by atoms with Gasteiger partial charge in [0.25, 0.3) is 0 Å². The van der Waals surface area contributed by atoms with Gasteiger partial charge in [0.05, 0.1) is 5.56 Å². The molecule has 6 heteroatoms. The summed E-state index contributed by atoms with van der Waals surface area (Å²) >= 11 is 3.29. The maximum absolute atomic E-state index is 11.9. The molecule has 0 saturated heterocycles. The fourth-order valence-electron chi connectivity index (χ4n) is 1.71. The van der Waals surface area contributed by atoms with Crippen molar-refractivity contribution in [3.8, 4) is 5.75 Å². The van der Waals surface area contributed by atoms with E-state index in [1.165, 1.54) is 24.4 Å². The van der Waals surface area contributed by atoms with Crippen LogP contribution >= 0.6 is 15.9 Å². The first-order valence-electron chi connectivity index (χ1n) is 6.25.